The summed E-state index contributed by atoms with van der Waals surface area (Å²) in [6.07, 6.45) is 4.48. The minimum absolute atomic E-state index is 0.654. The van der Waals surface area contributed by atoms with Crippen LogP contribution in [0.15, 0.2) is 33.6 Å². The third-order valence-corrected chi connectivity index (χ3v) is 3.86. The fourth-order valence-corrected chi connectivity index (χ4v) is 3.35. The van der Waals surface area contributed by atoms with Gasteiger partial charge < -0.3 is 15.0 Å². The summed E-state index contributed by atoms with van der Waals surface area (Å²) in [6, 6.07) is 4.08. The summed E-state index contributed by atoms with van der Waals surface area (Å²) in [5.74, 6) is 0.907. The van der Waals surface area contributed by atoms with Gasteiger partial charge in [0.05, 0.1) is 17.4 Å². The number of nitrogens with one attached hydrogen (secondary N) is 2. The zero-order valence-corrected chi connectivity index (χ0v) is 14.4. The minimum Gasteiger partial charge on any atom is -0.492 e. The Hall–Kier alpha value is -0.850. The van der Waals surface area contributed by atoms with E-state index in [4.69, 9.17) is 4.74 Å². The molecule has 1 heterocycles. The van der Waals surface area contributed by atoms with Gasteiger partial charge >= 0.3 is 0 Å². The highest BCUT2D eigenvalue weighted by atomic mass is 79.9. The van der Waals surface area contributed by atoms with Crippen molar-refractivity contribution in [1.29, 1.82) is 0 Å². The number of halogens is 2. The number of ether oxygens (including phenoxy) is 1. The fourth-order valence-electron chi connectivity index (χ4n) is 1.92. The average Bonchev–Trinajstić information content (AvgIpc) is 2.91. The zero-order valence-electron chi connectivity index (χ0n) is 11.2. The number of hydrogen-bond donors (Lipinski definition) is 2. The molecule has 2 rings (SSSR count). The van der Waals surface area contributed by atoms with Gasteiger partial charge in [0.2, 0.25) is 0 Å². The van der Waals surface area contributed by atoms with Crippen LogP contribution in [0, 0.1) is 0 Å². The third kappa shape index (κ3) is 4.33. The fraction of sp³-hybridized carbons (Fsp3) is 0.357. The maximum absolute atomic E-state index is 5.70. The third-order valence-electron chi connectivity index (χ3n) is 2.82. The lowest BCUT2D eigenvalue weighted by molar-refractivity contribution is 0.333. The number of imidazole rings is 1. The summed E-state index contributed by atoms with van der Waals surface area (Å²) in [7, 11) is 0. The van der Waals surface area contributed by atoms with Crippen molar-refractivity contribution in [3.8, 4) is 5.75 Å². The van der Waals surface area contributed by atoms with Crippen LogP contribution in [0.5, 0.6) is 5.75 Å². The molecule has 0 saturated heterocycles. The molecule has 4 nitrogen and oxygen atoms in total. The van der Waals surface area contributed by atoms with Gasteiger partial charge in [0, 0.05) is 41.4 Å². The van der Waals surface area contributed by atoms with Gasteiger partial charge in [-0.15, -0.1) is 0 Å². The van der Waals surface area contributed by atoms with Crippen LogP contribution in [0.1, 0.15) is 18.2 Å². The highest BCUT2D eigenvalue weighted by Gasteiger charge is 2.09. The number of aromatic amines is 1. The van der Waals surface area contributed by atoms with E-state index in [0.29, 0.717) is 6.61 Å². The number of aromatic nitrogens is 2. The number of rotatable bonds is 7. The van der Waals surface area contributed by atoms with Crippen molar-refractivity contribution < 1.29 is 4.74 Å². The van der Waals surface area contributed by atoms with E-state index < -0.39 is 0 Å². The van der Waals surface area contributed by atoms with Crippen molar-refractivity contribution in [2.45, 2.75) is 19.9 Å². The van der Waals surface area contributed by atoms with E-state index in [9.17, 15) is 0 Å². The second-order valence-corrected chi connectivity index (χ2v) is 6.08. The Morgan fingerprint density at radius 2 is 2.20 bits per heavy atom. The molecule has 1 aromatic carbocycles. The molecule has 2 aromatic rings. The highest BCUT2D eigenvalue weighted by Crippen LogP contribution is 2.32. The van der Waals surface area contributed by atoms with E-state index in [2.05, 4.69) is 53.2 Å². The summed E-state index contributed by atoms with van der Waals surface area (Å²) in [5, 5.41) is 3.42. The zero-order chi connectivity index (χ0) is 14.4. The minimum atomic E-state index is 0.654. The van der Waals surface area contributed by atoms with Crippen molar-refractivity contribution in [2.24, 2.45) is 0 Å². The quantitative estimate of drug-likeness (QED) is 0.694. The largest absolute Gasteiger partial charge is 0.492 e. The van der Waals surface area contributed by atoms with Crippen LogP contribution in [0.25, 0.3) is 0 Å². The molecule has 0 saturated carbocycles. The first kappa shape index (κ1) is 15.5. The van der Waals surface area contributed by atoms with Crippen LogP contribution in [0.3, 0.4) is 0 Å². The molecule has 0 spiro atoms. The molecule has 0 atom stereocenters. The Morgan fingerprint density at radius 3 is 2.90 bits per heavy atom. The number of benzene rings is 1. The second-order valence-electron chi connectivity index (χ2n) is 4.31. The maximum Gasteiger partial charge on any atom is 0.138 e. The van der Waals surface area contributed by atoms with Crippen molar-refractivity contribution in [1.82, 2.24) is 15.3 Å². The predicted molar refractivity (Wildman–Crippen MR) is 87.0 cm³/mol. The van der Waals surface area contributed by atoms with Crippen molar-refractivity contribution in [2.75, 3.05) is 13.2 Å². The molecule has 0 aliphatic carbocycles. The average molecular weight is 403 g/mol. The van der Waals surface area contributed by atoms with Crippen LogP contribution < -0.4 is 10.1 Å². The Balaban J connectivity index is 1.94. The Morgan fingerprint density at radius 1 is 1.35 bits per heavy atom. The van der Waals surface area contributed by atoms with E-state index >= 15 is 0 Å². The van der Waals surface area contributed by atoms with E-state index in [1.807, 2.05) is 19.2 Å². The van der Waals surface area contributed by atoms with E-state index in [0.717, 1.165) is 45.5 Å². The summed E-state index contributed by atoms with van der Waals surface area (Å²) < 4.78 is 7.71. The lowest BCUT2D eigenvalue weighted by Crippen LogP contribution is -2.17. The van der Waals surface area contributed by atoms with Gasteiger partial charge in [-0.1, -0.05) is 15.9 Å². The van der Waals surface area contributed by atoms with E-state index in [1.165, 1.54) is 0 Å². The monoisotopic (exact) mass is 401 g/mol. The normalized spacial score (nSPS) is 10.8. The van der Waals surface area contributed by atoms with Crippen LogP contribution in [-0.2, 0) is 13.0 Å². The van der Waals surface area contributed by atoms with Crippen molar-refractivity contribution in [3.63, 3.8) is 0 Å². The smallest absolute Gasteiger partial charge is 0.138 e. The molecule has 1 aromatic heterocycles. The summed E-state index contributed by atoms with van der Waals surface area (Å²) in [6.45, 7) is 4.30. The lowest BCUT2D eigenvalue weighted by Gasteiger charge is -2.13. The summed E-state index contributed by atoms with van der Waals surface area (Å²) in [4.78, 5) is 7.10. The molecular weight excluding hydrogens is 386 g/mol. The van der Waals surface area contributed by atoms with E-state index in [1.54, 1.807) is 6.33 Å². The van der Waals surface area contributed by atoms with E-state index in [-0.39, 0.29) is 0 Å². The van der Waals surface area contributed by atoms with Crippen molar-refractivity contribution >= 4 is 31.9 Å². The molecule has 0 aliphatic rings. The maximum atomic E-state index is 5.70. The van der Waals surface area contributed by atoms with Crippen LogP contribution >= 0.6 is 31.9 Å². The molecule has 0 bridgehead atoms. The molecule has 0 unspecified atom stereocenters. The van der Waals surface area contributed by atoms with Gasteiger partial charge in [-0.2, -0.15) is 0 Å². The first-order chi connectivity index (χ1) is 9.70. The Kier molecular flexibility index (Phi) is 6.06. The molecule has 108 valence electrons. The molecule has 6 heteroatoms. The SMILES string of the molecule is CCOc1c(Br)cc(Br)cc1CNCCc1cnc[nH]1. The topological polar surface area (TPSA) is 49.9 Å². The standard InChI is InChI=1S/C14H17Br2N3O/c1-2-20-14-10(5-11(15)6-13(14)16)7-17-4-3-12-8-18-9-19-12/h5-6,8-9,17H,2-4,7H2,1H3,(H,18,19). The van der Waals surface area contributed by atoms with Gasteiger partial charge in [-0.3, -0.25) is 0 Å². The van der Waals surface area contributed by atoms with Gasteiger partial charge in [0.25, 0.3) is 0 Å². The summed E-state index contributed by atoms with van der Waals surface area (Å²) >= 11 is 7.06. The van der Waals surface area contributed by atoms with Crippen LogP contribution in [-0.4, -0.2) is 23.1 Å². The Labute approximate surface area is 135 Å². The molecule has 20 heavy (non-hydrogen) atoms. The van der Waals surface area contributed by atoms with Gasteiger partial charge in [-0.05, 0) is 35.0 Å². The van der Waals surface area contributed by atoms with Gasteiger partial charge in [0.1, 0.15) is 5.75 Å². The highest BCUT2D eigenvalue weighted by molar-refractivity contribution is 9.11. The predicted octanol–water partition coefficient (Wildman–Crippen LogP) is 3.67. The van der Waals surface area contributed by atoms with Crippen LogP contribution in [0.4, 0.5) is 0 Å². The number of nitrogens with zero attached hydrogens (tertiary/aromatic N) is 1. The van der Waals surface area contributed by atoms with Crippen molar-refractivity contribution in [3.05, 3.63) is 44.9 Å². The summed E-state index contributed by atoms with van der Waals surface area (Å²) in [5.41, 5.74) is 2.27. The second kappa shape index (κ2) is 7.81. The lowest BCUT2D eigenvalue weighted by atomic mass is 10.2. The molecule has 0 radical (unpaired) electrons. The molecule has 0 fully saturated rings. The number of hydrogen-bond acceptors (Lipinski definition) is 3. The molecule has 0 aliphatic heterocycles. The van der Waals surface area contributed by atoms with Crippen LogP contribution in [0.2, 0.25) is 0 Å². The molecular formula is C14H17Br2N3O. The van der Waals surface area contributed by atoms with Gasteiger partial charge in [0.15, 0.2) is 0 Å². The first-order valence-electron chi connectivity index (χ1n) is 6.49. The molecule has 0 amide bonds. The van der Waals surface area contributed by atoms with Gasteiger partial charge in [-0.25, -0.2) is 4.98 Å². The number of H-pyrrole nitrogens is 1. The molecule has 2 N–H and O–H groups in total. The Bertz CT molecular complexity index is 544. The first-order valence-corrected chi connectivity index (χ1v) is 8.08.